The molecule has 3 N–H and O–H groups in total. The Hall–Kier alpha value is -0.610. The van der Waals surface area contributed by atoms with Crippen molar-refractivity contribution in [1.82, 2.24) is 10.2 Å². The Morgan fingerprint density at radius 3 is 2.69 bits per heavy atom. The molecule has 0 radical (unpaired) electrons. The van der Waals surface area contributed by atoms with Gasteiger partial charge in [-0.15, -0.1) is 0 Å². The summed E-state index contributed by atoms with van der Waals surface area (Å²) in [5.74, 6) is -0.298. The van der Waals surface area contributed by atoms with Crippen LogP contribution in [0.25, 0.3) is 0 Å². The van der Waals surface area contributed by atoms with Crippen LogP contribution in [0.3, 0.4) is 0 Å². The van der Waals surface area contributed by atoms with Gasteiger partial charge in [-0.05, 0) is 19.9 Å². The van der Waals surface area contributed by atoms with Crippen molar-refractivity contribution in [2.75, 3.05) is 26.7 Å². The van der Waals surface area contributed by atoms with Crippen LogP contribution in [-0.4, -0.2) is 43.5 Å². The second-order valence-electron chi connectivity index (χ2n) is 4.93. The standard InChI is InChI=1S/C12H25N3O/c1-10(12(13)16)9-14-7-8-15(2)11-5-3-4-6-11/h10-11,14H,3-9H2,1-2H3,(H2,13,16). The van der Waals surface area contributed by atoms with E-state index in [9.17, 15) is 4.79 Å². The van der Waals surface area contributed by atoms with E-state index >= 15 is 0 Å². The van der Waals surface area contributed by atoms with Gasteiger partial charge in [0.05, 0.1) is 0 Å². The van der Waals surface area contributed by atoms with Crippen molar-refractivity contribution in [2.45, 2.75) is 38.6 Å². The maximum absolute atomic E-state index is 10.8. The highest BCUT2D eigenvalue weighted by Gasteiger charge is 2.18. The fourth-order valence-electron chi connectivity index (χ4n) is 2.20. The normalized spacial score (nSPS) is 19.2. The van der Waals surface area contributed by atoms with Gasteiger partial charge in [0.25, 0.3) is 0 Å². The van der Waals surface area contributed by atoms with E-state index in [-0.39, 0.29) is 11.8 Å². The summed E-state index contributed by atoms with van der Waals surface area (Å²) in [6.07, 6.45) is 5.44. The number of carbonyl (C=O) groups excluding carboxylic acids is 1. The van der Waals surface area contributed by atoms with Gasteiger partial charge in [-0.1, -0.05) is 19.8 Å². The number of likely N-dealkylation sites (N-methyl/N-ethyl adjacent to an activating group) is 1. The lowest BCUT2D eigenvalue weighted by molar-refractivity contribution is -0.121. The summed E-state index contributed by atoms with van der Waals surface area (Å²) in [4.78, 5) is 13.2. The molecule has 94 valence electrons. The lowest BCUT2D eigenvalue weighted by atomic mass is 10.2. The number of carbonyl (C=O) groups is 1. The quantitative estimate of drug-likeness (QED) is 0.625. The number of nitrogens with two attached hydrogens (primary N) is 1. The molecule has 1 unspecified atom stereocenters. The third-order valence-corrected chi connectivity index (χ3v) is 3.53. The largest absolute Gasteiger partial charge is 0.369 e. The Bertz CT molecular complexity index is 214. The van der Waals surface area contributed by atoms with Gasteiger partial charge in [0.15, 0.2) is 0 Å². The molecule has 1 fully saturated rings. The fraction of sp³-hybridized carbons (Fsp3) is 0.917. The van der Waals surface area contributed by atoms with E-state index < -0.39 is 0 Å². The van der Waals surface area contributed by atoms with E-state index in [1.54, 1.807) is 0 Å². The highest BCUT2D eigenvalue weighted by atomic mass is 16.1. The fourth-order valence-corrected chi connectivity index (χ4v) is 2.20. The van der Waals surface area contributed by atoms with E-state index in [2.05, 4.69) is 17.3 Å². The summed E-state index contributed by atoms with van der Waals surface area (Å²) in [7, 11) is 2.19. The lowest BCUT2D eigenvalue weighted by Gasteiger charge is -2.24. The number of nitrogens with one attached hydrogen (secondary N) is 1. The molecule has 1 aliphatic carbocycles. The Kier molecular flexibility index (Phi) is 5.77. The summed E-state index contributed by atoms with van der Waals surface area (Å²) < 4.78 is 0. The molecule has 4 nitrogen and oxygen atoms in total. The topological polar surface area (TPSA) is 58.4 Å². The van der Waals surface area contributed by atoms with E-state index in [4.69, 9.17) is 5.73 Å². The first kappa shape index (κ1) is 13.5. The SMILES string of the molecule is CC(CNCCN(C)C1CCCC1)C(N)=O. The first-order valence-corrected chi connectivity index (χ1v) is 6.31. The van der Waals surface area contributed by atoms with Gasteiger partial charge in [-0.3, -0.25) is 4.79 Å². The number of nitrogens with zero attached hydrogens (tertiary/aromatic N) is 1. The average Bonchev–Trinajstić information content (AvgIpc) is 2.76. The van der Waals surface area contributed by atoms with Gasteiger partial charge in [0.1, 0.15) is 0 Å². The molecule has 1 rings (SSSR count). The minimum absolute atomic E-state index is 0.0724. The summed E-state index contributed by atoms with van der Waals surface area (Å²) in [5.41, 5.74) is 5.19. The first-order chi connectivity index (χ1) is 7.61. The number of amides is 1. The Labute approximate surface area is 98.6 Å². The van der Waals surface area contributed by atoms with Crippen molar-refractivity contribution >= 4 is 5.91 Å². The number of rotatable bonds is 7. The highest BCUT2D eigenvalue weighted by Crippen LogP contribution is 2.21. The summed E-state index contributed by atoms with van der Waals surface area (Å²) in [5, 5.41) is 3.28. The molecule has 0 saturated heterocycles. The monoisotopic (exact) mass is 227 g/mol. The molecule has 1 atom stereocenters. The molecule has 0 spiro atoms. The second kappa shape index (κ2) is 6.86. The van der Waals surface area contributed by atoms with Crippen molar-refractivity contribution in [3.8, 4) is 0 Å². The van der Waals surface area contributed by atoms with Crippen LogP contribution in [0.5, 0.6) is 0 Å². The van der Waals surface area contributed by atoms with Crippen molar-refractivity contribution < 1.29 is 4.79 Å². The lowest BCUT2D eigenvalue weighted by Crippen LogP contribution is -2.38. The first-order valence-electron chi connectivity index (χ1n) is 6.31. The molecule has 1 amide bonds. The molecule has 0 heterocycles. The second-order valence-corrected chi connectivity index (χ2v) is 4.93. The molecule has 0 aromatic heterocycles. The third kappa shape index (κ3) is 4.49. The van der Waals surface area contributed by atoms with Crippen molar-refractivity contribution in [2.24, 2.45) is 11.7 Å². The predicted octanol–water partition coefficient (Wildman–Crippen LogP) is 0.572. The number of primary amides is 1. The third-order valence-electron chi connectivity index (χ3n) is 3.53. The predicted molar refractivity (Wildman–Crippen MR) is 66.1 cm³/mol. The zero-order chi connectivity index (χ0) is 12.0. The average molecular weight is 227 g/mol. The van der Waals surface area contributed by atoms with Gasteiger partial charge in [-0.2, -0.15) is 0 Å². The zero-order valence-corrected chi connectivity index (χ0v) is 10.5. The maximum Gasteiger partial charge on any atom is 0.221 e. The van der Waals surface area contributed by atoms with Crippen molar-refractivity contribution in [1.29, 1.82) is 0 Å². The molecule has 0 bridgehead atoms. The van der Waals surface area contributed by atoms with Crippen molar-refractivity contribution in [3.63, 3.8) is 0 Å². The molecule has 1 aliphatic rings. The Morgan fingerprint density at radius 1 is 1.50 bits per heavy atom. The van der Waals surface area contributed by atoms with Gasteiger partial charge in [0, 0.05) is 31.6 Å². The van der Waals surface area contributed by atoms with Crippen LogP contribution in [0, 0.1) is 5.92 Å². The smallest absolute Gasteiger partial charge is 0.221 e. The van der Waals surface area contributed by atoms with Gasteiger partial charge in [0.2, 0.25) is 5.91 Å². The van der Waals surface area contributed by atoms with Crippen LogP contribution in [0.2, 0.25) is 0 Å². The van der Waals surface area contributed by atoms with E-state index in [1.807, 2.05) is 6.92 Å². The summed E-state index contributed by atoms with van der Waals surface area (Å²) in [6, 6.07) is 0.773. The summed E-state index contributed by atoms with van der Waals surface area (Å²) >= 11 is 0. The molecular weight excluding hydrogens is 202 g/mol. The maximum atomic E-state index is 10.8. The number of hydrogen-bond acceptors (Lipinski definition) is 3. The Balaban J connectivity index is 2.04. The van der Waals surface area contributed by atoms with E-state index in [0.29, 0.717) is 6.54 Å². The molecule has 16 heavy (non-hydrogen) atoms. The van der Waals surface area contributed by atoms with Gasteiger partial charge >= 0.3 is 0 Å². The Morgan fingerprint density at radius 2 is 2.12 bits per heavy atom. The van der Waals surface area contributed by atoms with Crippen LogP contribution in [0.4, 0.5) is 0 Å². The molecule has 1 saturated carbocycles. The van der Waals surface area contributed by atoms with Crippen LogP contribution in [0.1, 0.15) is 32.6 Å². The minimum atomic E-state index is -0.225. The molecule has 0 aliphatic heterocycles. The van der Waals surface area contributed by atoms with Crippen LogP contribution >= 0.6 is 0 Å². The highest BCUT2D eigenvalue weighted by molar-refractivity contribution is 5.76. The molecule has 0 aromatic carbocycles. The zero-order valence-electron chi connectivity index (χ0n) is 10.5. The van der Waals surface area contributed by atoms with Crippen LogP contribution in [0.15, 0.2) is 0 Å². The number of hydrogen-bond donors (Lipinski definition) is 2. The van der Waals surface area contributed by atoms with Gasteiger partial charge in [-0.25, -0.2) is 0 Å². The summed E-state index contributed by atoms with van der Waals surface area (Å²) in [6.45, 7) is 4.53. The molecular formula is C12H25N3O. The van der Waals surface area contributed by atoms with E-state index in [1.165, 1.54) is 25.7 Å². The van der Waals surface area contributed by atoms with E-state index in [0.717, 1.165) is 19.1 Å². The molecule has 4 heteroatoms. The van der Waals surface area contributed by atoms with Crippen molar-refractivity contribution in [3.05, 3.63) is 0 Å². The molecule has 0 aromatic rings. The van der Waals surface area contributed by atoms with Crippen LogP contribution in [-0.2, 0) is 4.79 Å². The van der Waals surface area contributed by atoms with Crippen LogP contribution < -0.4 is 11.1 Å². The minimum Gasteiger partial charge on any atom is -0.369 e. The van der Waals surface area contributed by atoms with Gasteiger partial charge < -0.3 is 16.0 Å².